The number of carbonyl (C=O) groups is 1. The molecule has 0 saturated heterocycles. The summed E-state index contributed by atoms with van der Waals surface area (Å²) < 4.78 is 0. The minimum atomic E-state index is -0.309. The molecule has 0 heterocycles. The molecule has 0 bridgehead atoms. The van der Waals surface area contributed by atoms with E-state index in [0.29, 0.717) is 6.54 Å². The third-order valence-corrected chi connectivity index (χ3v) is 3.41. The van der Waals surface area contributed by atoms with Crippen LogP contribution in [0.15, 0.2) is 24.3 Å². The molecule has 2 unspecified atom stereocenters. The van der Waals surface area contributed by atoms with E-state index in [9.17, 15) is 4.79 Å². The molecule has 1 aromatic rings. The van der Waals surface area contributed by atoms with Crippen molar-refractivity contribution in [2.24, 2.45) is 5.73 Å². The SMILES string of the molecule is CC(CO)N(C)C(C)C(=O)Nc1ccc(CN)cc1. The maximum atomic E-state index is 12.1. The summed E-state index contributed by atoms with van der Waals surface area (Å²) in [7, 11) is 1.82. The molecule has 2 atom stereocenters. The summed E-state index contributed by atoms with van der Waals surface area (Å²) in [6.07, 6.45) is 0. The number of nitrogens with one attached hydrogen (secondary N) is 1. The average Bonchev–Trinajstić information content (AvgIpc) is 2.45. The van der Waals surface area contributed by atoms with Gasteiger partial charge in [-0.3, -0.25) is 9.69 Å². The number of amides is 1. The highest BCUT2D eigenvalue weighted by molar-refractivity contribution is 5.94. The van der Waals surface area contributed by atoms with Crippen LogP contribution in [0.3, 0.4) is 0 Å². The van der Waals surface area contributed by atoms with Crippen LogP contribution in [0, 0.1) is 0 Å². The molecule has 0 aromatic heterocycles. The molecule has 1 aromatic carbocycles. The summed E-state index contributed by atoms with van der Waals surface area (Å²) in [4.78, 5) is 13.9. The second-order valence-corrected chi connectivity index (χ2v) is 4.76. The van der Waals surface area contributed by atoms with Crippen molar-refractivity contribution in [3.63, 3.8) is 0 Å². The van der Waals surface area contributed by atoms with E-state index in [-0.39, 0.29) is 24.6 Å². The summed E-state index contributed by atoms with van der Waals surface area (Å²) in [5.41, 5.74) is 7.29. The van der Waals surface area contributed by atoms with E-state index in [1.165, 1.54) is 0 Å². The van der Waals surface area contributed by atoms with Crippen molar-refractivity contribution in [2.45, 2.75) is 32.5 Å². The zero-order chi connectivity index (χ0) is 14.4. The van der Waals surface area contributed by atoms with Crippen molar-refractivity contribution in [1.82, 2.24) is 4.90 Å². The maximum Gasteiger partial charge on any atom is 0.241 e. The Balaban J connectivity index is 2.62. The molecule has 1 amide bonds. The van der Waals surface area contributed by atoms with Gasteiger partial charge in [0.25, 0.3) is 0 Å². The van der Waals surface area contributed by atoms with Gasteiger partial charge in [0, 0.05) is 18.3 Å². The number of hydrogen-bond donors (Lipinski definition) is 3. The van der Waals surface area contributed by atoms with Crippen LogP contribution in [0.5, 0.6) is 0 Å². The molecule has 0 aliphatic heterocycles. The van der Waals surface area contributed by atoms with Gasteiger partial charge < -0.3 is 16.2 Å². The number of aliphatic hydroxyl groups is 1. The predicted octanol–water partition coefficient (Wildman–Crippen LogP) is 0.785. The quantitative estimate of drug-likeness (QED) is 0.710. The number of hydrogen-bond acceptors (Lipinski definition) is 4. The molecule has 0 fully saturated rings. The number of nitrogens with zero attached hydrogens (tertiary/aromatic N) is 1. The van der Waals surface area contributed by atoms with Crippen LogP contribution in [0.25, 0.3) is 0 Å². The number of benzene rings is 1. The van der Waals surface area contributed by atoms with Crippen LogP contribution in [-0.4, -0.2) is 41.7 Å². The normalized spacial score (nSPS) is 14.2. The molecule has 1 rings (SSSR count). The number of aliphatic hydroxyl groups excluding tert-OH is 1. The van der Waals surface area contributed by atoms with Gasteiger partial charge in [-0.2, -0.15) is 0 Å². The standard InChI is InChI=1S/C14H23N3O2/c1-10(9-18)17(3)11(2)14(19)16-13-6-4-12(8-15)5-7-13/h4-7,10-11,18H,8-9,15H2,1-3H3,(H,16,19). The van der Waals surface area contributed by atoms with Crippen LogP contribution in [0.2, 0.25) is 0 Å². The third-order valence-electron chi connectivity index (χ3n) is 3.41. The topological polar surface area (TPSA) is 78.6 Å². The number of anilines is 1. The van der Waals surface area contributed by atoms with E-state index in [1.54, 1.807) is 0 Å². The molecular weight excluding hydrogens is 242 g/mol. The van der Waals surface area contributed by atoms with Gasteiger partial charge in [0.05, 0.1) is 12.6 Å². The summed E-state index contributed by atoms with van der Waals surface area (Å²) >= 11 is 0. The van der Waals surface area contributed by atoms with Gasteiger partial charge in [0.2, 0.25) is 5.91 Å². The molecule has 0 radical (unpaired) electrons. The molecule has 4 N–H and O–H groups in total. The molecule has 5 nitrogen and oxygen atoms in total. The Hall–Kier alpha value is -1.43. The molecule has 0 aliphatic rings. The van der Waals surface area contributed by atoms with Gasteiger partial charge in [-0.15, -0.1) is 0 Å². The molecule has 0 saturated carbocycles. The monoisotopic (exact) mass is 265 g/mol. The fraction of sp³-hybridized carbons (Fsp3) is 0.500. The predicted molar refractivity (Wildman–Crippen MR) is 76.7 cm³/mol. The first-order valence-electron chi connectivity index (χ1n) is 6.42. The number of carbonyl (C=O) groups excluding carboxylic acids is 1. The molecular formula is C14H23N3O2. The summed E-state index contributed by atoms with van der Waals surface area (Å²) in [5, 5.41) is 11.9. The fourth-order valence-corrected chi connectivity index (χ4v) is 1.67. The smallest absolute Gasteiger partial charge is 0.241 e. The van der Waals surface area contributed by atoms with Gasteiger partial charge >= 0.3 is 0 Å². The molecule has 19 heavy (non-hydrogen) atoms. The van der Waals surface area contributed by atoms with E-state index in [1.807, 2.05) is 50.1 Å². The Bertz CT molecular complexity index is 406. The van der Waals surface area contributed by atoms with Crippen LogP contribution in [-0.2, 0) is 11.3 Å². The number of rotatable bonds is 6. The highest BCUT2D eigenvalue weighted by Crippen LogP contribution is 2.11. The van der Waals surface area contributed by atoms with Gasteiger partial charge in [-0.25, -0.2) is 0 Å². The van der Waals surface area contributed by atoms with Crippen molar-refractivity contribution < 1.29 is 9.90 Å². The lowest BCUT2D eigenvalue weighted by Crippen LogP contribution is -2.45. The Labute approximate surface area is 114 Å². The van der Waals surface area contributed by atoms with Crippen molar-refractivity contribution in [3.8, 4) is 0 Å². The number of likely N-dealkylation sites (N-methyl/N-ethyl adjacent to an activating group) is 1. The molecule has 5 heteroatoms. The maximum absolute atomic E-state index is 12.1. The summed E-state index contributed by atoms with van der Waals surface area (Å²) in [6.45, 7) is 4.20. The average molecular weight is 265 g/mol. The van der Waals surface area contributed by atoms with Crippen molar-refractivity contribution in [1.29, 1.82) is 0 Å². The Morgan fingerprint density at radius 3 is 2.42 bits per heavy atom. The lowest BCUT2D eigenvalue weighted by atomic mass is 10.2. The van der Waals surface area contributed by atoms with Gasteiger partial charge in [-0.1, -0.05) is 12.1 Å². The summed E-state index contributed by atoms with van der Waals surface area (Å²) in [5.74, 6) is -0.0942. The Morgan fingerprint density at radius 2 is 1.95 bits per heavy atom. The minimum Gasteiger partial charge on any atom is -0.395 e. The van der Waals surface area contributed by atoms with Crippen LogP contribution in [0.4, 0.5) is 5.69 Å². The first-order chi connectivity index (χ1) is 8.99. The van der Waals surface area contributed by atoms with Crippen molar-refractivity contribution in [2.75, 3.05) is 19.0 Å². The van der Waals surface area contributed by atoms with Crippen LogP contribution >= 0.6 is 0 Å². The van der Waals surface area contributed by atoms with Crippen molar-refractivity contribution >= 4 is 11.6 Å². The lowest BCUT2D eigenvalue weighted by Gasteiger charge is -2.28. The Kier molecular flexibility index (Phi) is 5.95. The zero-order valence-corrected chi connectivity index (χ0v) is 11.8. The van der Waals surface area contributed by atoms with Crippen LogP contribution in [0.1, 0.15) is 19.4 Å². The summed E-state index contributed by atoms with van der Waals surface area (Å²) in [6, 6.07) is 7.09. The minimum absolute atomic E-state index is 0.0271. The van der Waals surface area contributed by atoms with E-state index >= 15 is 0 Å². The van der Waals surface area contributed by atoms with E-state index in [2.05, 4.69) is 5.32 Å². The first kappa shape index (κ1) is 15.6. The molecule has 106 valence electrons. The second kappa shape index (κ2) is 7.23. The largest absolute Gasteiger partial charge is 0.395 e. The second-order valence-electron chi connectivity index (χ2n) is 4.76. The van der Waals surface area contributed by atoms with Gasteiger partial charge in [0.1, 0.15) is 0 Å². The third kappa shape index (κ3) is 4.31. The van der Waals surface area contributed by atoms with E-state index in [0.717, 1.165) is 11.3 Å². The molecule has 0 aliphatic carbocycles. The highest BCUT2D eigenvalue weighted by Gasteiger charge is 2.21. The highest BCUT2D eigenvalue weighted by atomic mass is 16.3. The fourth-order valence-electron chi connectivity index (χ4n) is 1.67. The zero-order valence-electron chi connectivity index (χ0n) is 11.8. The Morgan fingerprint density at radius 1 is 1.37 bits per heavy atom. The van der Waals surface area contributed by atoms with Crippen molar-refractivity contribution in [3.05, 3.63) is 29.8 Å². The van der Waals surface area contributed by atoms with E-state index in [4.69, 9.17) is 10.8 Å². The lowest BCUT2D eigenvalue weighted by molar-refractivity contribution is -0.121. The van der Waals surface area contributed by atoms with Crippen LogP contribution < -0.4 is 11.1 Å². The van der Waals surface area contributed by atoms with Gasteiger partial charge in [0.15, 0.2) is 0 Å². The first-order valence-corrected chi connectivity index (χ1v) is 6.42. The van der Waals surface area contributed by atoms with E-state index < -0.39 is 0 Å². The number of nitrogens with two attached hydrogens (primary N) is 1. The molecule has 0 spiro atoms. The van der Waals surface area contributed by atoms with Gasteiger partial charge in [-0.05, 0) is 38.6 Å².